The summed E-state index contributed by atoms with van der Waals surface area (Å²) in [6.07, 6.45) is 0. The summed E-state index contributed by atoms with van der Waals surface area (Å²) in [5.41, 5.74) is 10.1. The van der Waals surface area contributed by atoms with Crippen LogP contribution < -0.4 is 11.5 Å². The normalized spacial score (nSPS) is 14.2. The van der Waals surface area contributed by atoms with Gasteiger partial charge in [-0.3, -0.25) is 0 Å². The van der Waals surface area contributed by atoms with E-state index in [4.69, 9.17) is 16.6 Å². The van der Waals surface area contributed by atoms with Crippen LogP contribution >= 0.6 is 0 Å². The van der Waals surface area contributed by atoms with Crippen LogP contribution in [0.3, 0.4) is 0 Å². The molecule has 0 aromatic carbocycles. The summed E-state index contributed by atoms with van der Waals surface area (Å²) in [6.45, 7) is 5.75. The Labute approximate surface area is 67.3 Å². The minimum Gasteiger partial charge on any atom is -0.396 e. The zero-order valence-electron chi connectivity index (χ0n) is 7.33. The zero-order valence-corrected chi connectivity index (χ0v) is 7.33. The number of aliphatic hydroxyl groups excluding tert-OH is 1. The quantitative estimate of drug-likeness (QED) is 0.389. The van der Waals surface area contributed by atoms with Crippen LogP contribution in [0.15, 0.2) is 4.99 Å². The number of hydrogen-bond donors (Lipinski definition) is 3. The Balaban J connectivity index is 4.33. The maximum atomic E-state index is 8.83. The van der Waals surface area contributed by atoms with Gasteiger partial charge >= 0.3 is 0 Å². The van der Waals surface area contributed by atoms with E-state index in [9.17, 15) is 0 Å². The second-order valence-electron chi connectivity index (χ2n) is 3.27. The first kappa shape index (κ1) is 10.2. The molecule has 0 aliphatic rings. The average Bonchev–Trinajstić information content (AvgIpc) is 1.83. The predicted molar refractivity (Wildman–Crippen MR) is 46.1 cm³/mol. The molecule has 1 unspecified atom stereocenters. The lowest BCUT2D eigenvalue weighted by molar-refractivity contribution is 0.185. The van der Waals surface area contributed by atoms with E-state index in [0.717, 1.165) is 0 Å². The van der Waals surface area contributed by atoms with Crippen molar-refractivity contribution in [1.29, 1.82) is 0 Å². The van der Waals surface area contributed by atoms with Gasteiger partial charge < -0.3 is 16.6 Å². The molecule has 0 saturated heterocycles. The van der Waals surface area contributed by atoms with Crippen LogP contribution in [0, 0.1) is 5.92 Å². The Morgan fingerprint density at radius 3 is 2.27 bits per heavy atom. The molecule has 0 spiro atoms. The Bertz CT molecular complexity index is 150. The van der Waals surface area contributed by atoms with Crippen molar-refractivity contribution in [2.24, 2.45) is 22.4 Å². The van der Waals surface area contributed by atoms with Crippen LogP contribution in [-0.2, 0) is 0 Å². The van der Waals surface area contributed by atoms with Crippen LogP contribution in [0.4, 0.5) is 0 Å². The maximum absolute atomic E-state index is 8.83. The zero-order chi connectivity index (χ0) is 9.07. The molecule has 4 nitrogen and oxygen atoms in total. The fourth-order valence-corrected chi connectivity index (χ4v) is 0.666. The minimum atomic E-state index is -0.381. The number of nitrogens with zero attached hydrogens (tertiary/aromatic N) is 1. The van der Waals surface area contributed by atoms with E-state index in [2.05, 4.69) is 4.99 Å². The van der Waals surface area contributed by atoms with Crippen LogP contribution in [0.1, 0.15) is 20.8 Å². The highest BCUT2D eigenvalue weighted by atomic mass is 16.3. The molecule has 0 radical (unpaired) electrons. The highest BCUT2D eigenvalue weighted by Gasteiger charge is 2.24. The number of aliphatic imine (C=N–C) groups is 1. The summed E-state index contributed by atoms with van der Waals surface area (Å²) in [5, 5.41) is 8.83. The van der Waals surface area contributed by atoms with Crippen molar-refractivity contribution in [3.05, 3.63) is 0 Å². The molecule has 0 aliphatic carbocycles. The van der Waals surface area contributed by atoms with Gasteiger partial charge in [0.25, 0.3) is 0 Å². The van der Waals surface area contributed by atoms with E-state index in [-0.39, 0.29) is 24.0 Å². The van der Waals surface area contributed by atoms with Crippen molar-refractivity contribution in [3.63, 3.8) is 0 Å². The van der Waals surface area contributed by atoms with E-state index in [0.29, 0.717) is 0 Å². The molecule has 66 valence electrons. The van der Waals surface area contributed by atoms with Crippen LogP contribution in [0.25, 0.3) is 0 Å². The molecule has 0 heterocycles. The van der Waals surface area contributed by atoms with E-state index < -0.39 is 0 Å². The molecule has 1 atom stereocenters. The molecule has 0 amide bonds. The molecule has 4 heteroatoms. The molecule has 0 aromatic rings. The highest BCUT2D eigenvalue weighted by Crippen LogP contribution is 2.19. The van der Waals surface area contributed by atoms with Gasteiger partial charge in [0, 0.05) is 12.5 Å². The van der Waals surface area contributed by atoms with E-state index in [1.165, 1.54) is 0 Å². The molecular formula is C7H17N3O. The number of nitrogens with two attached hydrogens (primary N) is 2. The first-order valence-electron chi connectivity index (χ1n) is 3.62. The molecular weight excluding hydrogens is 142 g/mol. The second-order valence-corrected chi connectivity index (χ2v) is 3.27. The van der Waals surface area contributed by atoms with Gasteiger partial charge in [0.2, 0.25) is 0 Å². The smallest absolute Gasteiger partial charge is 0.186 e. The highest BCUT2D eigenvalue weighted by molar-refractivity contribution is 5.76. The van der Waals surface area contributed by atoms with E-state index >= 15 is 0 Å². The van der Waals surface area contributed by atoms with Crippen LogP contribution in [0.2, 0.25) is 0 Å². The topological polar surface area (TPSA) is 84.6 Å². The SMILES string of the molecule is CC(CO)C(C)(C)N=C(N)N. The second kappa shape index (κ2) is 3.57. The van der Waals surface area contributed by atoms with Crippen LogP contribution in [0.5, 0.6) is 0 Å². The Morgan fingerprint density at radius 1 is 1.55 bits per heavy atom. The first-order valence-corrected chi connectivity index (χ1v) is 3.62. The van der Waals surface area contributed by atoms with Gasteiger partial charge in [-0.05, 0) is 13.8 Å². The van der Waals surface area contributed by atoms with Gasteiger partial charge in [0.05, 0.1) is 5.54 Å². The lowest BCUT2D eigenvalue weighted by Crippen LogP contribution is -2.35. The predicted octanol–water partition coefficient (Wildman–Crippen LogP) is -0.333. The summed E-state index contributed by atoms with van der Waals surface area (Å²) < 4.78 is 0. The van der Waals surface area contributed by atoms with Crippen LogP contribution in [-0.4, -0.2) is 23.2 Å². The third kappa shape index (κ3) is 3.23. The fraction of sp³-hybridized carbons (Fsp3) is 0.857. The average molecular weight is 159 g/mol. The van der Waals surface area contributed by atoms with Gasteiger partial charge in [0.1, 0.15) is 0 Å². The van der Waals surface area contributed by atoms with Crippen molar-refractivity contribution in [2.45, 2.75) is 26.3 Å². The first-order chi connectivity index (χ1) is 4.90. The molecule has 0 aliphatic heterocycles. The van der Waals surface area contributed by atoms with Crippen molar-refractivity contribution in [1.82, 2.24) is 0 Å². The third-order valence-corrected chi connectivity index (χ3v) is 1.90. The number of hydrogen-bond acceptors (Lipinski definition) is 2. The van der Waals surface area contributed by atoms with Gasteiger partial charge in [-0.25, -0.2) is 4.99 Å². The number of guanidine groups is 1. The molecule has 5 N–H and O–H groups in total. The van der Waals surface area contributed by atoms with Crippen molar-refractivity contribution < 1.29 is 5.11 Å². The molecule has 0 bridgehead atoms. The summed E-state index contributed by atoms with van der Waals surface area (Å²) in [6, 6.07) is 0. The standard InChI is InChI=1S/C7H17N3O/c1-5(4-11)7(2,3)10-6(8)9/h5,11H,4H2,1-3H3,(H4,8,9,10). The van der Waals surface area contributed by atoms with Gasteiger partial charge in [-0.1, -0.05) is 6.92 Å². The van der Waals surface area contributed by atoms with Gasteiger partial charge in [0.15, 0.2) is 5.96 Å². The number of aliphatic hydroxyl groups is 1. The van der Waals surface area contributed by atoms with E-state index in [1.807, 2.05) is 20.8 Å². The Kier molecular flexibility index (Phi) is 3.32. The van der Waals surface area contributed by atoms with Crippen molar-refractivity contribution >= 4 is 5.96 Å². The Hall–Kier alpha value is -0.770. The maximum Gasteiger partial charge on any atom is 0.186 e. The third-order valence-electron chi connectivity index (χ3n) is 1.90. The van der Waals surface area contributed by atoms with E-state index in [1.54, 1.807) is 0 Å². The molecule has 0 saturated carbocycles. The summed E-state index contributed by atoms with van der Waals surface area (Å²) in [7, 11) is 0. The molecule has 0 rings (SSSR count). The monoisotopic (exact) mass is 159 g/mol. The summed E-state index contributed by atoms with van der Waals surface area (Å²) in [5.74, 6) is 0.125. The summed E-state index contributed by atoms with van der Waals surface area (Å²) in [4.78, 5) is 3.99. The van der Waals surface area contributed by atoms with Crippen molar-refractivity contribution in [2.75, 3.05) is 6.61 Å². The molecule has 11 heavy (non-hydrogen) atoms. The largest absolute Gasteiger partial charge is 0.396 e. The minimum absolute atomic E-state index is 0.0598. The van der Waals surface area contributed by atoms with Gasteiger partial charge in [-0.2, -0.15) is 0 Å². The van der Waals surface area contributed by atoms with Gasteiger partial charge in [-0.15, -0.1) is 0 Å². The summed E-state index contributed by atoms with van der Waals surface area (Å²) >= 11 is 0. The van der Waals surface area contributed by atoms with Crippen molar-refractivity contribution in [3.8, 4) is 0 Å². The lowest BCUT2D eigenvalue weighted by Gasteiger charge is -2.25. The lowest BCUT2D eigenvalue weighted by atomic mass is 9.91. The number of rotatable bonds is 3. The Morgan fingerprint density at radius 2 is 2.00 bits per heavy atom. The molecule has 0 aromatic heterocycles. The fourth-order valence-electron chi connectivity index (χ4n) is 0.666. The molecule has 0 fully saturated rings.